The molecule has 0 bridgehead atoms. The van der Waals surface area contributed by atoms with Crippen LogP contribution in [0.1, 0.15) is 5.56 Å². The first-order chi connectivity index (χ1) is 8.46. The van der Waals surface area contributed by atoms with Crippen LogP contribution in [0.2, 0.25) is 0 Å². The van der Waals surface area contributed by atoms with Crippen LogP contribution in [0.3, 0.4) is 0 Å². The van der Waals surface area contributed by atoms with Crippen molar-refractivity contribution >= 4 is 44.6 Å². The Hall–Kier alpha value is -0.810. The van der Waals surface area contributed by atoms with Gasteiger partial charge in [0, 0.05) is 21.1 Å². The molecule has 0 radical (unpaired) electrons. The smallest absolute Gasteiger partial charge is 0.407 e. The van der Waals surface area contributed by atoms with Crippen molar-refractivity contribution in [1.29, 1.82) is 5.26 Å². The molecule has 1 saturated heterocycles. The summed E-state index contributed by atoms with van der Waals surface area (Å²) in [4.78, 5) is 12.0. The molecule has 1 heterocycles. The Morgan fingerprint density at radius 3 is 2.78 bits per heavy atom. The van der Waals surface area contributed by atoms with E-state index < -0.39 is 11.5 Å². The molecule has 0 saturated carbocycles. The first kappa shape index (κ1) is 13.6. The van der Waals surface area contributed by atoms with Gasteiger partial charge in [-0.25, -0.2) is 4.79 Å². The molecule has 0 atom stereocenters. The van der Waals surface area contributed by atoms with E-state index in [1.807, 2.05) is 18.2 Å². The molecule has 1 aromatic carbocycles. The van der Waals surface area contributed by atoms with Crippen molar-refractivity contribution in [3.8, 4) is 6.07 Å². The zero-order valence-electron chi connectivity index (χ0n) is 9.36. The van der Waals surface area contributed by atoms with Gasteiger partial charge >= 0.3 is 6.09 Å². The fourth-order valence-electron chi connectivity index (χ4n) is 2.07. The zero-order chi connectivity index (χ0) is 13.3. The molecule has 2 rings (SSSR count). The third kappa shape index (κ3) is 2.62. The van der Waals surface area contributed by atoms with Gasteiger partial charge in [-0.15, -0.1) is 0 Å². The molecule has 0 aliphatic carbocycles. The Morgan fingerprint density at radius 2 is 2.28 bits per heavy atom. The Balaban J connectivity index is 2.14. The van der Waals surface area contributed by atoms with Crippen molar-refractivity contribution < 1.29 is 9.90 Å². The van der Waals surface area contributed by atoms with Gasteiger partial charge in [0.1, 0.15) is 0 Å². The number of carboxylic acid groups (broad SMARTS) is 1. The highest BCUT2D eigenvalue weighted by Crippen LogP contribution is 2.35. The molecule has 1 fully saturated rings. The number of carbonyl (C=O) groups is 1. The molecule has 1 amide bonds. The molecular formula is C12H10BrIN2O2. The fourth-order valence-corrected chi connectivity index (χ4v) is 3.57. The Bertz CT molecular complexity index is 535. The number of amides is 1. The van der Waals surface area contributed by atoms with Gasteiger partial charge < -0.3 is 10.0 Å². The highest BCUT2D eigenvalue weighted by Gasteiger charge is 2.46. The van der Waals surface area contributed by atoms with Crippen molar-refractivity contribution in [3.63, 3.8) is 0 Å². The summed E-state index contributed by atoms with van der Waals surface area (Å²) in [5, 5.41) is 18.1. The van der Waals surface area contributed by atoms with Gasteiger partial charge in [-0.05, 0) is 46.7 Å². The minimum Gasteiger partial charge on any atom is -0.465 e. The number of halogens is 2. The van der Waals surface area contributed by atoms with Gasteiger partial charge in [-0.2, -0.15) is 5.26 Å². The minimum absolute atomic E-state index is 0.297. The number of hydrogen-bond donors (Lipinski definition) is 1. The predicted molar refractivity (Wildman–Crippen MR) is 78.2 cm³/mol. The SMILES string of the molecule is N#CC1(Cc2ccc(Br)cc2I)CN(C(=O)O)C1. The second-order valence-electron chi connectivity index (χ2n) is 4.44. The molecule has 1 aromatic rings. The lowest BCUT2D eigenvalue weighted by Gasteiger charge is -2.44. The summed E-state index contributed by atoms with van der Waals surface area (Å²) >= 11 is 5.63. The predicted octanol–water partition coefficient (Wildman–Crippen LogP) is 3.10. The highest BCUT2D eigenvalue weighted by atomic mass is 127. The summed E-state index contributed by atoms with van der Waals surface area (Å²) in [7, 11) is 0. The van der Waals surface area contributed by atoms with E-state index in [0.717, 1.165) is 13.6 Å². The molecular weight excluding hydrogens is 411 g/mol. The topological polar surface area (TPSA) is 64.3 Å². The molecule has 0 unspecified atom stereocenters. The lowest BCUT2D eigenvalue weighted by molar-refractivity contribution is 0.0464. The van der Waals surface area contributed by atoms with Crippen LogP contribution in [0.5, 0.6) is 0 Å². The minimum atomic E-state index is -0.952. The van der Waals surface area contributed by atoms with Crippen LogP contribution in [0.15, 0.2) is 22.7 Å². The maximum Gasteiger partial charge on any atom is 0.407 e. The van der Waals surface area contributed by atoms with E-state index in [4.69, 9.17) is 5.11 Å². The molecule has 4 nitrogen and oxygen atoms in total. The summed E-state index contributed by atoms with van der Waals surface area (Å²) in [5.74, 6) is 0. The summed E-state index contributed by atoms with van der Waals surface area (Å²) < 4.78 is 2.09. The van der Waals surface area contributed by atoms with Gasteiger partial charge in [-0.1, -0.05) is 22.0 Å². The lowest BCUT2D eigenvalue weighted by Crippen LogP contribution is -2.58. The number of nitriles is 1. The molecule has 94 valence electrons. The van der Waals surface area contributed by atoms with Crippen molar-refractivity contribution in [2.75, 3.05) is 13.1 Å². The zero-order valence-corrected chi connectivity index (χ0v) is 13.1. The van der Waals surface area contributed by atoms with Gasteiger partial charge in [-0.3, -0.25) is 0 Å². The first-order valence-electron chi connectivity index (χ1n) is 5.29. The number of likely N-dealkylation sites (tertiary alicyclic amines) is 1. The van der Waals surface area contributed by atoms with Crippen molar-refractivity contribution in [1.82, 2.24) is 4.90 Å². The van der Waals surface area contributed by atoms with E-state index in [-0.39, 0.29) is 0 Å². The summed E-state index contributed by atoms with van der Waals surface area (Å²) in [6.45, 7) is 0.593. The van der Waals surface area contributed by atoms with Gasteiger partial charge in [0.05, 0.1) is 11.5 Å². The van der Waals surface area contributed by atoms with Crippen LogP contribution >= 0.6 is 38.5 Å². The summed E-state index contributed by atoms with van der Waals surface area (Å²) in [6.07, 6.45) is -0.356. The third-order valence-corrected chi connectivity index (χ3v) is 4.54. The number of benzene rings is 1. The summed E-state index contributed by atoms with van der Waals surface area (Å²) in [5.41, 5.74) is 0.525. The monoisotopic (exact) mass is 420 g/mol. The maximum absolute atomic E-state index is 10.8. The lowest BCUT2D eigenvalue weighted by atomic mass is 9.76. The molecule has 1 aliphatic heterocycles. The fraction of sp³-hybridized carbons (Fsp3) is 0.333. The Morgan fingerprint density at radius 1 is 1.61 bits per heavy atom. The average Bonchev–Trinajstić information content (AvgIpc) is 2.25. The molecule has 1 N–H and O–H groups in total. The first-order valence-corrected chi connectivity index (χ1v) is 7.16. The Labute approximate surface area is 127 Å². The number of rotatable bonds is 2. The van der Waals surface area contributed by atoms with Gasteiger partial charge in [0.15, 0.2) is 0 Å². The number of nitrogens with zero attached hydrogens (tertiary/aromatic N) is 2. The second kappa shape index (κ2) is 5.05. The van der Waals surface area contributed by atoms with Crippen molar-refractivity contribution in [2.45, 2.75) is 6.42 Å². The van der Waals surface area contributed by atoms with E-state index in [1.54, 1.807) is 0 Å². The van der Waals surface area contributed by atoms with Gasteiger partial charge in [0.25, 0.3) is 0 Å². The van der Waals surface area contributed by atoms with Crippen LogP contribution in [-0.4, -0.2) is 29.2 Å². The second-order valence-corrected chi connectivity index (χ2v) is 6.52. The van der Waals surface area contributed by atoms with Crippen LogP contribution in [0.4, 0.5) is 4.79 Å². The van der Waals surface area contributed by atoms with Crippen LogP contribution in [0, 0.1) is 20.3 Å². The van der Waals surface area contributed by atoms with Crippen LogP contribution < -0.4 is 0 Å². The van der Waals surface area contributed by atoms with E-state index in [0.29, 0.717) is 19.5 Å². The average molecular weight is 421 g/mol. The van der Waals surface area contributed by atoms with Crippen molar-refractivity contribution in [2.24, 2.45) is 5.41 Å². The molecule has 1 aliphatic rings. The molecule has 18 heavy (non-hydrogen) atoms. The van der Waals surface area contributed by atoms with Crippen LogP contribution in [0.25, 0.3) is 0 Å². The number of hydrogen-bond acceptors (Lipinski definition) is 2. The summed E-state index contributed by atoms with van der Waals surface area (Å²) in [6, 6.07) is 8.19. The van der Waals surface area contributed by atoms with Crippen LogP contribution in [-0.2, 0) is 6.42 Å². The normalized spacial score (nSPS) is 16.8. The van der Waals surface area contributed by atoms with Crippen molar-refractivity contribution in [3.05, 3.63) is 31.8 Å². The van der Waals surface area contributed by atoms with E-state index in [1.165, 1.54) is 4.90 Å². The standard InChI is InChI=1S/C12H10BrIN2O2/c13-9-2-1-8(10(14)3-9)4-12(5-15)6-16(7-12)11(17)18/h1-3H,4,6-7H2,(H,17,18). The quantitative estimate of drug-likeness (QED) is 0.747. The van der Waals surface area contributed by atoms with E-state index in [9.17, 15) is 10.1 Å². The van der Waals surface area contributed by atoms with E-state index in [2.05, 4.69) is 44.6 Å². The highest BCUT2D eigenvalue weighted by molar-refractivity contribution is 14.1. The largest absolute Gasteiger partial charge is 0.465 e. The molecule has 6 heteroatoms. The third-order valence-electron chi connectivity index (χ3n) is 3.04. The van der Waals surface area contributed by atoms with Gasteiger partial charge in [0.2, 0.25) is 0 Å². The maximum atomic E-state index is 10.8. The van der Waals surface area contributed by atoms with E-state index >= 15 is 0 Å². The molecule has 0 aromatic heterocycles. The Kier molecular flexibility index (Phi) is 3.82. The molecule has 0 spiro atoms.